The Kier molecular flexibility index (Phi) is 4.67. The maximum Gasteiger partial charge on any atom is 0.235 e. The molecule has 19 heavy (non-hydrogen) atoms. The summed E-state index contributed by atoms with van der Waals surface area (Å²) in [6.45, 7) is 1.93. The maximum absolute atomic E-state index is 11.7. The van der Waals surface area contributed by atoms with E-state index >= 15 is 0 Å². The van der Waals surface area contributed by atoms with E-state index in [2.05, 4.69) is 0 Å². The second kappa shape index (κ2) is 5.54. The van der Waals surface area contributed by atoms with Crippen molar-refractivity contribution in [1.29, 1.82) is 0 Å². The van der Waals surface area contributed by atoms with Crippen LogP contribution in [0.15, 0.2) is 0 Å². The summed E-state index contributed by atoms with van der Waals surface area (Å²) < 4.78 is 5.28. The zero-order valence-electron chi connectivity index (χ0n) is 10.2. The molecule has 3 fully saturated rings. The van der Waals surface area contributed by atoms with Crippen LogP contribution in [0.3, 0.4) is 0 Å². The number of aliphatic hydroxyl groups is 3. The van der Waals surface area contributed by atoms with Crippen molar-refractivity contribution in [2.45, 2.75) is 38.8 Å². The van der Waals surface area contributed by atoms with Crippen molar-refractivity contribution >= 4 is 11.8 Å². The van der Waals surface area contributed by atoms with E-state index in [1.165, 1.54) is 7.05 Å². The average Bonchev–Trinajstić information content (AvgIpc) is 2.91. The number of ether oxygens (including phenoxy) is 1. The molecule has 110 valence electrons. The number of carbonyl (C=O) groups is 2. The van der Waals surface area contributed by atoms with E-state index < -0.39 is 36.3 Å². The van der Waals surface area contributed by atoms with Gasteiger partial charge in [-0.05, 0) is 6.92 Å². The first-order valence-electron chi connectivity index (χ1n) is 5.89. The Bertz CT molecular complexity index is 341. The van der Waals surface area contributed by atoms with Gasteiger partial charge in [-0.1, -0.05) is 7.43 Å². The van der Waals surface area contributed by atoms with Gasteiger partial charge in [0.15, 0.2) is 0 Å². The standard InChI is InChI=1S/C9H11NO5.C2H6O.CH4/c1-10-8(13)2-3(9(10)14)7-5(12)4(11)6(2)15-7;1-2-3;/h2-7,11-12H,1H3;3H,2H2,1H3;1H4/t2?,3?,4-,5?,6-,7?;;/m0../s1. The van der Waals surface area contributed by atoms with Crippen molar-refractivity contribution in [1.82, 2.24) is 4.90 Å². The number of amides is 2. The molecule has 6 atom stereocenters. The summed E-state index contributed by atoms with van der Waals surface area (Å²) in [5.74, 6) is -1.84. The summed E-state index contributed by atoms with van der Waals surface area (Å²) in [7, 11) is 1.42. The number of likely N-dealkylation sites (tertiary alicyclic amines) is 1. The van der Waals surface area contributed by atoms with Gasteiger partial charge in [0, 0.05) is 13.7 Å². The first kappa shape index (κ1) is 16.0. The third kappa shape index (κ3) is 2.06. The largest absolute Gasteiger partial charge is 0.397 e. The number of rotatable bonds is 0. The third-order valence-corrected chi connectivity index (χ3v) is 3.66. The highest BCUT2D eigenvalue weighted by molar-refractivity contribution is 6.06. The van der Waals surface area contributed by atoms with Crippen LogP contribution in [-0.4, -0.2) is 70.1 Å². The molecule has 0 aromatic heterocycles. The molecule has 0 aromatic rings. The molecule has 7 heteroatoms. The lowest BCUT2D eigenvalue weighted by atomic mass is 9.78. The fourth-order valence-electron chi connectivity index (χ4n) is 2.88. The van der Waals surface area contributed by atoms with Crippen LogP contribution < -0.4 is 0 Å². The van der Waals surface area contributed by atoms with E-state index in [1.807, 2.05) is 0 Å². The molecule has 0 radical (unpaired) electrons. The topological polar surface area (TPSA) is 107 Å². The molecule has 7 nitrogen and oxygen atoms in total. The lowest BCUT2D eigenvalue weighted by Crippen LogP contribution is -2.47. The summed E-state index contributed by atoms with van der Waals surface area (Å²) in [6.07, 6.45) is -3.56. The molecule has 3 aliphatic heterocycles. The first-order valence-corrected chi connectivity index (χ1v) is 5.89. The molecular formula is C12H21NO6. The van der Waals surface area contributed by atoms with Gasteiger partial charge in [-0.15, -0.1) is 0 Å². The molecule has 0 aliphatic carbocycles. The van der Waals surface area contributed by atoms with Gasteiger partial charge >= 0.3 is 0 Å². The first-order chi connectivity index (χ1) is 8.45. The van der Waals surface area contributed by atoms with Crippen molar-refractivity contribution in [3.8, 4) is 0 Å². The minimum atomic E-state index is -1.06. The number of carbonyl (C=O) groups excluding carboxylic acids is 2. The lowest BCUT2D eigenvalue weighted by Gasteiger charge is -2.25. The van der Waals surface area contributed by atoms with Crippen LogP contribution in [0.1, 0.15) is 14.4 Å². The van der Waals surface area contributed by atoms with Crippen LogP contribution >= 0.6 is 0 Å². The van der Waals surface area contributed by atoms with Crippen molar-refractivity contribution in [3.05, 3.63) is 0 Å². The van der Waals surface area contributed by atoms with Gasteiger partial charge in [0.05, 0.1) is 24.0 Å². The Morgan fingerprint density at radius 1 is 1.11 bits per heavy atom. The molecule has 2 amide bonds. The van der Waals surface area contributed by atoms with Crippen LogP contribution in [0.4, 0.5) is 0 Å². The molecule has 0 spiro atoms. The van der Waals surface area contributed by atoms with Crippen LogP contribution in [0.2, 0.25) is 0 Å². The second-order valence-electron chi connectivity index (χ2n) is 4.65. The summed E-state index contributed by atoms with van der Waals surface area (Å²) in [4.78, 5) is 24.4. The SMILES string of the molecule is C.CCO.CN1C(=O)C2C3O[C@@H](C2C1=O)[C@@H](O)C3O. The molecule has 3 aliphatic rings. The number of imide groups is 1. The summed E-state index contributed by atoms with van der Waals surface area (Å²) in [5, 5.41) is 26.7. The van der Waals surface area contributed by atoms with Crippen molar-refractivity contribution in [3.63, 3.8) is 0 Å². The Hall–Kier alpha value is -1.02. The summed E-state index contributed by atoms with van der Waals surface area (Å²) in [5.41, 5.74) is 0. The fraction of sp³-hybridized carbons (Fsp3) is 0.833. The number of nitrogens with zero attached hydrogens (tertiary/aromatic N) is 1. The van der Waals surface area contributed by atoms with Crippen LogP contribution in [0.25, 0.3) is 0 Å². The Balaban J connectivity index is 0.000000416. The highest BCUT2D eigenvalue weighted by Gasteiger charge is 2.68. The quantitative estimate of drug-likeness (QED) is 0.457. The summed E-state index contributed by atoms with van der Waals surface area (Å²) in [6, 6.07) is 0. The zero-order valence-corrected chi connectivity index (χ0v) is 10.2. The third-order valence-electron chi connectivity index (χ3n) is 3.66. The van der Waals surface area contributed by atoms with Gasteiger partial charge < -0.3 is 20.1 Å². The zero-order chi connectivity index (χ0) is 13.6. The maximum atomic E-state index is 11.7. The Morgan fingerprint density at radius 2 is 1.42 bits per heavy atom. The molecule has 0 saturated carbocycles. The lowest BCUT2D eigenvalue weighted by molar-refractivity contribution is -0.141. The fourth-order valence-corrected chi connectivity index (χ4v) is 2.88. The minimum Gasteiger partial charge on any atom is -0.397 e. The van der Waals surface area contributed by atoms with E-state index in [9.17, 15) is 19.8 Å². The van der Waals surface area contributed by atoms with Crippen molar-refractivity contribution in [2.75, 3.05) is 13.7 Å². The molecule has 4 unspecified atom stereocenters. The number of aliphatic hydroxyl groups excluding tert-OH is 3. The van der Waals surface area contributed by atoms with E-state index in [1.54, 1.807) is 6.92 Å². The molecule has 0 aromatic carbocycles. The predicted molar refractivity (Wildman–Crippen MR) is 64.9 cm³/mol. The van der Waals surface area contributed by atoms with E-state index in [-0.39, 0.29) is 25.8 Å². The van der Waals surface area contributed by atoms with Crippen molar-refractivity contribution in [2.24, 2.45) is 11.8 Å². The van der Waals surface area contributed by atoms with Gasteiger partial charge in [0.1, 0.15) is 12.2 Å². The molecule has 3 rings (SSSR count). The van der Waals surface area contributed by atoms with Gasteiger partial charge in [0.25, 0.3) is 0 Å². The predicted octanol–water partition coefficient (Wildman–Crippen LogP) is -1.65. The van der Waals surface area contributed by atoms with E-state index in [0.29, 0.717) is 0 Å². The second-order valence-corrected chi connectivity index (χ2v) is 4.65. The number of fused-ring (bicyclic) bond motifs is 5. The minimum absolute atomic E-state index is 0. The molecular weight excluding hydrogens is 254 g/mol. The van der Waals surface area contributed by atoms with E-state index in [4.69, 9.17) is 9.84 Å². The average molecular weight is 275 g/mol. The van der Waals surface area contributed by atoms with Gasteiger partial charge in [-0.25, -0.2) is 0 Å². The van der Waals surface area contributed by atoms with Gasteiger partial charge in [-0.3, -0.25) is 14.5 Å². The van der Waals surface area contributed by atoms with Gasteiger partial charge in [0.2, 0.25) is 11.8 Å². The normalized spacial score (nSPS) is 42.7. The van der Waals surface area contributed by atoms with Crippen LogP contribution in [-0.2, 0) is 14.3 Å². The monoisotopic (exact) mass is 275 g/mol. The summed E-state index contributed by atoms with van der Waals surface area (Å²) >= 11 is 0. The Morgan fingerprint density at radius 3 is 1.74 bits per heavy atom. The molecule has 2 bridgehead atoms. The van der Waals surface area contributed by atoms with Crippen LogP contribution in [0, 0.1) is 11.8 Å². The van der Waals surface area contributed by atoms with Gasteiger partial charge in [-0.2, -0.15) is 0 Å². The molecule has 3 N–H and O–H groups in total. The smallest absolute Gasteiger partial charge is 0.235 e. The van der Waals surface area contributed by atoms with E-state index in [0.717, 1.165) is 4.90 Å². The van der Waals surface area contributed by atoms with Crippen LogP contribution in [0.5, 0.6) is 0 Å². The highest BCUT2D eigenvalue weighted by atomic mass is 16.6. The van der Waals surface area contributed by atoms with Crippen molar-refractivity contribution < 1.29 is 29.6 Å². The molecule has 3 saturated heterocycles. The Labute approximate surface area is 111 Å². The highest BCUT2D eigenvalue weighted by Crippen LogP contribution is 2.48. The molecule has 3 heterocycles. The number of hydrogen-bond donors (Lipinski definition) is 3. The number of hydrogen-bond acceptors (Lipinski definition) is 6.